The number of rotatable bonds is 2. The van der Waals surface area contributed by atoms with Crippen molar-refractivity contribution in [1.29, 1.82) is 0 Å². The highest BCUT2D eigenvalue weighted by Gasteiger charge is 2.23. The van der Waals surface area contributed by atoms with Crippen molar-refractivity contribution in [2.75, 3.05) is 4.90 Å². The van der Waals surface area contributed by atoms with Gasteiger partial charge in [-0.1, -0.05) is 41.6 Å². The van der Waals surface area contributed by atoms with Crippen LogP contribution in [0.4, 0.5) is 5.69 Å². The van der Waals surface area contributed by atoms with Gasteiger partial charge in [0.1, 0.15) is 0 Å². The second-order valence-electron chi connectivity index (χ2n) is 5.08. The van der Waals surface area contributed by atoms with Crippen molar-refractivity contribution in [3.8, 4) is 0 Å². The van der Waals surface area contributed by atoms with Crippen LogP contribution in [0.1, 0.15) is 22.3 Å². The molecule has 0 bridgehead atoms. The highest BCUT2D eigenvalue weighted by molar-refractivity contribution is 6.02. The van der Waals surface area contributed by atoms with E-state index in [-0.39, 0.29) is 5.84 Å². The highest BCUT2D eigenvalue weighted by Crippen LogP contribution is 2.33. The summed E-state index contributed by atoms with van der Waals surface area (Å²) in [6.07, 6.45) is 0. The van der Waals surface area contributed by atoms with Crippen LogP contribution in [0.25, 0.3) is 0 Å². The topological polar surface area (TPSA) is 61.9 Å². The lowest BCUT2D eigenvalue weighted by atomic mass is 10.1. The number of amidine groups is 1. The third-order valence-corrected chi connectivity index (χ3v) is 3.78. The first-order valence-corrected chi connectivity index (χ1v) is 6.60. The molecule has 20 heavy (non-hydrogen) atoms. The molecule has 0 unspecified atom stereocenters. The molecule has 1 heterocycles. The van der Waals surface area contributed by atoms with Crippen LogP contribution in [0.2, 0.25) is 0 Å². The lowest BCUT2D eigenvalue weighted by molar-refractivity contribution is 0.318. The summed E-state index contributed by atoms with van der Waals surface area (Å²) < 4.78 is 0. The fraction of sp³-hybridized carbons (Fsp3) is 0.188. The van der Waals surface area contributed by atoms with Crippen LogP contribution in [0.5, 0.6) is 0 Å². The Balaban J connectivity index is 2.05. The van der Waals surface area contributed by atoms with Crippen molar-refractivity contribution in [1.82, 2.24) is 0 Å². The minimum Gasteiger partial charge on any atom is -0.409 e. The number of nitrogens with two attached hydrogens (primary N) is 1. The standard InChI is InChI=1S/C16H17N3O/c1-11-5-4-8-14(16(17)18-20)15(11)19-9-12-6-2-3-7-13(12)10-19/h2-8,20H,9-10H2,1H3,(H2,17,18). The van der Waals surface area contributed by atoms with E-state index in [4.69, 9.17) is 10.9 Å². The van der Waals surface area contributed by atoms with Gasteiger partial charge in [-0.2, -0.15) is 0 Å². The van der Waals surface area contributed by atoms with Gasteiger partial charge in [0.25, 0.3) is 0 Å². The van der Waals surface area contributed by atoms with Crippen molar-refractivity contribution >= 4 is 11.5 Å². The smallest absolute Gasteiger partial charge is 0.172 e. The molecule has 3 N–H and O–H groups in total. The molecule has 0 saturated heterocycles. The number of nitrogens with zero attached hydrogens (tertiary/aromatic N) is 2. The van der Waals surface area contributed by atoms with Gasteiger partial charge in [0.05, 0.1) is 5.69 Å². The molecule has 102 valence electrons. The molecule has 0 fully saturated rings. The molecule has 0 atom stereocenters. The predicted octanol–water partition coefficient (Wildman–Crippen LogP) is 2.61. The molecule has 0 amide bonds. The van der Waals surface area contributed by atoms with E-state index < -0.39 is 0 Å². The average molecular weight is 267 g/mol. The summed E-state index contributed by atoms with van der Waals surface area (Å²) in [7, 11) is 0. The number of aryl methyl sites for hydroxylation is 1. The van der Waals surface area contributed by atoms with Gasteiger partial charge in [0.15, 0.2) is 5.84 Å². The van der Waals surface area contributed by atoms with Crippen molar-refractivity contribution < 1.29 is 5.21 Å². The second-order valence-corrected chi connectivity index (χ2v) is 5.08. The van der Waals surface area contributed by atoms with Crippen molar-refractivity contribution in [2.45, 2.75) is 20.0 Å². The van der Waals surface area contributed by atoms with Gasteiger partial charge >= 0.3 is 0 Å². The number of fused-ring (bicyclic) bond motifs is 1. The van der Waals surface area contributed by atoms with Crippen LogP contribution in [-0.2, 0) is 13.1 Å². The summed E-state index contributed by atoms with van der Waals surface area (Å²) in [5.74, 6) is 0.152. The summed E-state index contributed by atoms with van der Waals surface area (Å²) in [4.78, 5) is 2.27. The van der Waals surface area contributed by atoms with Gasteiger partial charge in [-0.3, -0.25) is 0 Å². The number of hydrogen-bond donors (Lipinski definition) is 2. The van der Waals surface area contributed by atoms with E-state index in [0.29, 0.717) is 0 Å². The lowest BCUT2D eigenvalue weighted by Crippen LogP contribution is -2.22. The molecule has 4 heteroatoms. The summed E-state index contributed by atoms with van der Waals surface area (Å²) in [6, 6.07) is 14.3. The van der Waals surface area contributed by atoms with Crippen LogP contribution >= 0.6 is 0 Å². The zero-order valence-corrected chi connectivity index (χ0v) is 11.4. The fourth-order valence-electron chi connectivity index (χ4n) is 2.83. The molecular weight excluding hydrogens is 250 g/mol. The van der Waals surface area contributed by atoms with Gasteiger partial charge in [0.2, 0.25) is 0 Å². The van der Waals surface area contributed by atoms with Gasteiger partial charge in [-0.15, -0.1) is 0 Å². The van der Waals surface area contributed by atoms with Crippen molar-refractivity contribution in [3.63, 3.8) is 0 Å². The largest absolute Gasteiger partial charge is 0.409 e. The number of benzene rings is 2. The third kappa shape index (κ3) is 1.99. The minimum atomic E-state index is 0.152. The Morgan fingerprint density at radius 2 is 1.75 bits per heavy atom. The van der Waals surface area contributed by atoms with Gasteiger partial charge in [0, 0.05) is 18.7 Å². The molecule has 0 saturated carbocycles. The monoisotopic (exact) mass is 267 g/mol. The zero-order chi connectivity index (χ0) is 14.1. The van der Waals surface area contributed by atoms with Gasteiger partial charge in [-0.05, 0) is 29.7 Å². The molecule has 0 spiro atoms. The molecule has 4 nitrogen and oxygen atoms in total. The molecule has 0 aromatic heterocycles. The maximum atomic E-state index is 8.96. The van der Waals surface area contributed by atoms with E-state index in [2.05, 4.69) is 34.3 Å². The SMILES string of the molecule is Cc1cccc(/C(N)=N/O)c1N1Cc2ccccc2C1. The number of anilines is 1. The first kappa shape index (κ1) is 12.5. The van der Waals surface area contributed by atoms with Crippen molar-refractivity contribution in [3.05, 3.63) is 64.7 Å². The summed E-state index contributed by atoms with van der Waals surface area (Å²) >= 11 is 0. The normalized spacial score (nSPS) is 14.4. The second kappa shape index (κ2) is 4.89. The molecule has 2 aromatic carbocycles. The first-order valence-electron chi connectivity index (χ1n) is 6.60. The van der Waals surface area contributed by atoms with E-state index in [1.807, 2.05) is 25.1 Å². The van der Waals surface area contributed by atoms with Crippen LogP contribution in [0.15, 0.2) is 47.6 Å². The Morgan fingerprint density at radius 3 is 2.35 bits per heavy atom. The minimum absolute atomic E-state index is 0.152. The molecule has 1 aliphatic heterocycles. The average Bonchev–Trinajstić information content (AvgIpc) is 2.89. The van der Waals surface area contributed by atoms with E-state index in [1.54, 1.807) is 0 Å². The Bertz CT molecular complexity index is 654. The van der Waals surface area contributed by atoms with E-state index >= 15 is 0 Å². The van der Waals surface area contributed by atoms with E-state index in [9.17, 15) is 0 Å². The van der Waals surface area contributed by atoms with Crippen molar-refractivity contribution in [2.24, 2.45) is 10.9 Å². The Morgan fingerprint density at radius 1 is 1.10 bits per heavy atom. The quantitative estimate of drug-likeness (QED) is 0.380. The maximum Gasteiger partial charge on any atom is 0.172 e. The molecule has 2 aromatic rings. The zero-order valence-electron chi connectivity index (χ0n) is 11.4. The summed E-state index contributed by atoms with van der Waals surface area (Å²) in [5.41, 5.74) is 11.4. The molecule has 0 radical (unpaired) electrons. The summed E-state index contributed by atoms with van der Waals surface area (Å²) in [5, 5.41) is 12.1. The van der Waals surface area contributed by atoms with Gasteiger partial charge < -0.3 is 15.8 Å². The van der Waals surface area contributed by atoms with E-state index in [0.717, 1.165) is 29.9 Å². The van der Waals surface area contributed by atoms with Gasteiger partial charge in [-0.25, -0.2) is 0 Å². The Labute approximate surface area is 118 Å². The number of oxime groups is 1. The van der Waals surface area contributed by atoms with Crippen LogP contribution in [0, 0.1) is 6.92 Å². The molecule has 1 aliphatic rings. The number of para-hydroxylation sites is 1. The molecule has 0 aliphatic carbocycles. The third-order valence-electron chi connectivity index (χ3n) is 3.78. The fourth-order valence-corrected chi connectivity index (χ4v) is 2.83. The predicted molar refractivity (Wildman–Crippen MR) is 80.0 cm³/mol. The number of hydrogen-bond acceptors (Lipinski definition) is 3. The van der Waals surface area contributed by atoms with Crippen LogP contribution in [-0.4, -0.2) is 11.0 Å². The highest BCUT2D eigenvalue weighted by atomic mass is 16.4. The van der Waals surface area contributed by atoms with Crippen LogP contribution in [0.3, 0.4) is 0 Å². The molecule has 3 rings (SSSR count). The Hall–Kier alpha value is -2.49. The lowest BCUT2D eigenvalue weighted by Gasteiger charge is -2.23. The maximum absolute atomic E-state index is 8.96. The summed E-state index contributed by atoms with van der Waals surface area (Å²) in [6.45, 7) is 3.76. The van der Waals surface area contributed by atoms with E-state index in [1.165, 1.54) is 11.1 Å². The first-order chi connectivity index (χ1) is 9.70. The molecular formula is C16H17N3O. The van der Waals surface area contributed by atoms with Crippen LogP contribution < -0.4 is 10.6 Å². The Kier molecular flexibility index (Phi) is 3.06.